The molecule has 4 atom stereocenters. The monoisotopic (exact) mass is 549 g/mol. The first-order valence-electron chi connectivity index (χ1n) is 11.2. The molecule has 17 heteroatoms. The van der Waals surface area contributed by atoms with E-state index in [1.54, 1.807) is 6.26 Å². The summed E-state index contributed by atoms with van der Waals surface area (Å²) in [5, 5.41) is 34.1. The Labute approximate surface area is 217 Å². The second-order valence-corrected chi connectivity index (χ2v) is 8.87. The summed E-state index contributed by atoms with van der Waals surface area (Å²) < 4.78 is 0. The number of nitrogens with zero attached hydrogens (tertiary/aromatic N) is 1. The van der Waals surface area contributed by atoms with Crippen LogP contribution in [0, 0.1) is 0 Å². The number of nitrogens with one attached hydrogen (secondary N) is 3. The minimum atomic E-state index is -1.65. The predicted molar refractivity (Wildman–Crippen MR) is 133 cm³/mol. The Morgan fingerprint density at radius 1 is 0.811 bits per heavy atom. The second-order valence-electron chi connectivity index (χ2n) is 7.89. The maximum atomic E-state index is 12.9. The highest BCUT2D eigenvalue weighted by atomic mass is 32.2. The van der Waals surface area contributed by atoms with Gasteiger partial charge in [0.25, 0.3) is 0 Å². The van der Waals surface area contributed by atoms with Gasteiger partial charge in [0.2, 0.25) is 17.7 Å². The minimum Gasteiger partial charge on any atom is -0.481 e. The van der Waals surface area contributed by atoms with E-state index in [-0.39, 0.29) is 44.6 Å². The van der Waals surface area contributed by atoms with E-state index in [1.165, 1.54) is 11.8 Å². The minimum absolute atomic E-state index is 0.0772. The maximum absolute atomic E-state index is 12.9. The highest BCUT2D eigenvalue weighted by Gasteiger charge is 2.31. The van der Waals surface area contributed by atoms with Gasteiger partial charge in [-0.15, -0.1) is 0 Å². The summed E-state index contributed by atoms with van der Waals surface area (Å²) in [7, 11) is 0. The van der Waals surface area contributed by atoms with E-state index >= 15 is 0 Å². The van der Waals surface area contributed by atoms with Crippen LogP contribution in [0.4, 0.5) is 0 Å². The van der Waals surface area contributed by atoms with Crippen LogP contribution in [-0.4, -0.2) is 99.6 Å². The smallest absolute Gasteiger partial charge is 0.326 e. The highest BCUT2D eigenvalue weighted by Crippen LogP contribution is 2.06. The standard InChI is InChI=1S/C20H35N7O9S/c1-37-8-6-11(25-16(32)10(21)4-5-14(28)29)17(33)27-13(9-15(30)31)18(34)26-12(19(35)36)3-2-7-24-20(22)23/h10-13H,2-9,21H2,1H3,(H,25,32)(H,26,34)(H,27,33)(H,28,29)(H,30,31)(H,35,36)(H4,22,23,24). The summed E-state index contributed by atoms with van der Waals surface area (Å²) in [6, 6.07) is -5.49. The van der Waals surface area contributed by atoms with Crippen LogP contribution in [-0.2, 0) is 28.8 Å². The summed E-state index contributed by atoms with van der Waals surface area (Å²) in [5.41, 5.74) is 16.1. The fraction of sp³-hybridized carbons (Fsp3) is 0.650. The molecule has 12 N–H and O–H groups in total. The number of carbonyl (C=O) groups is 6. The first-order chi connectivity index (χ1) is 17.3. The van der Waals surface area contributed by atoms with Crippen LogP contribution in [0.3, 0.4) is 0 Å². The topological polar surface area (TPSA) is 290 Å². The molecule has 16 nitrogen and oxygen atoms in total. The van der Waals surface area contributed by atoms with Crippen molar-refractivity contribution in [3.8, 4) is 0 Å². The van der Waals surface area contributed by atoms with Gasteiger partial charge in [-0.25, -0.2) is 4.79 Å². The number of guanidine groups is 1. The summed E-state index contributed by atoms with van der Waals surface area (Å²) in [6.07, 6.45) is 0.542. The van der Waals surface area contributed by atoms with E-state index in [0.717, 1.165) is 0 Å². The molecule has 0 spiro atoms. The third-order valence-corrected chi connectivity index (χ3v) is 5.47. The number of nitrogens with two attached hydrogens (primary N) is 3. The Hall–Kier alpha value is -3.60. The fourth-order valence-electron chi connectivity index (χ4n) is 2.88. The van der Waals surface area contributed by atoms with Crippen LogP contribution in [0.2, 0.25) is 0 Å². The Morgan fingerprint density at radius 2 is 1.38 bits per heavy atom. The lowest BCUT2D eigenvalue weighted by Gasteiger charge is -2.24. The lowest BCUT2D eigenvalue weighted by molar-refractivity contribution is -0.144. The molecule has 0 aromatic heterocycles. The molecule has 0 radical (unpaired) electrons. The zero-order valence-corrected chi connectivity index (χ0v) is 21.2. The number of carbonyl (C=O) groups excluding carboxylic acids is 3. The number of amides is 3. The molecule has 0 aromatic rings. The Kier molecular flexibility index (Phi) is 16.0. The van der Waals surface area contributed by atoms with Gasteiger partial charge in [0.15, 0.2) is 5.96 Å². The first kappa shape index (κ1) is 33.4. The average Bonchev–Trinajstić information content (AvgIpc) is 2.80. The molecule has 4 unspecified atom stereocenters. The van der Waals surface area contributed by atoms with Gasteiger partial charge in [0.05, 0.1) is 12.5 Å². The SMILES string of the molecule is CSCCC(NC(=O)C(N)CCC(=O)O)C(=O)NC(CC(=O)O)C(=O)NC(CCCN=C(N)N)C(=O)O. The van der Waals surface area contributed by atoms with Crippen molar-refractivity contribution in [1.29, 1.82) is 0 Å². The number of thioether (sulfide) groups is 1. The highest BCUT2D eigenvalue weighted by molar-refractivity contribution is 7.98. The maximum Gasteiger partial charge on any atom is 0.326 e. The lowest BCUT2D eigenvalue weighted by Crippen LogP contribution is -2.57. The van der Waals surface area contributed by atoms with Gasteiger partial charge >= 0.3 is 17.9 Å². The van der Waals surface area contributed by atoms with Gasteiger partial charge in [0, 0.05) is 13.0 Å². The molecule has 0 aliphatic heterocycles. The predicted octanol–water partition coefficient (Wildman–Crippen LogP) is -3.00. The third kappa shape index (κ3) is 15.2. The molecule has 0 saturated carbocycles. The van der Waals surface area contributed by atoms with Crippen LogP contribution in [0.15, 0.2) is 4.99 Å². The molecular formula is C20H35N7O9S. The van der Waals surface area contributed by atoms with Crippen molar-refractivity contribution in [1.82, 2.24) is 16.0 Å². The first-order valence-corrected chi connectivity index (χ1v) is 12.5. The zero-order chi connectivity index (χ0) is 28.5. The van der Waals surface area contributed by atoms with E-state index in [2.05, 4.69) is 20.9 Å². The quantitative estimate of drug-likeness (QED) is 0.0441. The Morgan fingerprint density at radius 3 is 1.89 bits per heavy atom. The van der Waals surface area contributed by atoms with Crippen LogP contribution in [0.1, 0.15) is 38.5 Å². The number of hydrogen-bond acceptors (Lipinski definition) is 9. The lowest BCUT2D eigenvalue weighted by atomic mass is 10.1. The van der Waals surface area contributed by atoms with Crippen LogP contribution in [0.25, 0.3) is 0 Å². The van der Waals surface area contributed by atoms with E-state index in [0.29, 0.717) is 5.75 Å². The van der Waals surface area contributed by atoms with Crippen molar-refractivity contribution < 1.29 is 44.1 Å². The van der Waals surface area contributed by atoms with Crippen LogP contribution in [0.5, 0.6) is 0 Å². The number of carboxylic acid groups (broad SMARTS) is 3. The van der Waals surface area contributed by atoms with Crippen molar-refractivity contribution >= 4 is 53.4 Å². The zero-order valence-electron chi connectivity index (χ0n) is 20.3. The van der Waals surface area contributed by atoms with E-state index in [9.17, 15) is 39.0 Å². The van der Waals surface area contributed by atoms with Gasteiger partial charge in [-0.3, -0.25) is 29.0 Å². The molecule has 37 heavy (non-hydrogen) atoms. The number of carboxylic acids is 3. The van der Waals surface area contributed by atoms with Gasteiger partial charge < -0.3 is 48.5 Å². The largest absolute Gasteiger partial charge is 0.481 e. The van der Waals surface area contributed by atoms with Crippen molar-refractivity contribution in [2.45, 2.75) is 62.7 Å². The molecule has 210 valence electrons. The van der Waals surface area contributed by atoms with Gasteiger partial charge in [0.1, 0.15) is 18.1 Å². The molecule has 0 aliphatic carbocycles. The summed E-state index contributed by atoms with van der Waals surface area (Å²) in [4.78, 5) is 75.1. The molecule has 0 heterocycles. The van der Waals surface area contributed by atoms with Crippen LogP contribution < -0.4 is 33.2 Å². The number of aliphatic carboxylic acids is 3. The van der Waals surface area contributed by atoms with Gasteiger partial charge in [-0.1, -0.05) is 0 Å². The summed E-state index contributed by atoms with van der Waals surface area (Å²) >= 11 is 1.35. The molecule has 0 aromatic carbocycles. The van der Waals surface area contributed by atoms with Crippen molar-refractivity contribution in [2.24, 2.45) is 22.2 Å². The summed E-state index contributed by atoms with van der Waals surface area (Å²) in [6.45, 7) is 0.0999. The normalized spacial score (nSPS) is 13.8. The fourth-order valence-corrected chi connectivity index (χ4v) is 3.35. The molecule has 3 amide bonds. The third-order valence-electron chi connectivity index (χ3n) is 4.82. The molecule has 0 saturated heterocycles. The molecule has 0 bridgehead atoms. The number of hydrogen-bond donors (Lipinski definition) is 9. The van der Waals surface area contributed by atoms with Gasteiger partial charge in [-0.2, -0.15) is 11.8 Å². The molecule has 0 aliphatic rings. The molecular weight excluding hydrogens is 514 g/mol. The van der Waals surface area contributed by atoms with Crippen LogP contribution >= 0.6 is 11.8 Å². The number of aliphatic imine (C=N–C) groups is 1. The Bertz CT molecular complexity index is 852. The number of rotatable bonds is 19. The molecule has 0 rings (SSSR count). The van der Waals surface area contributed by atoms with E-state index in [4.69, 9.17) is 22.3 Å². The van der Waals surface area contributed by atoms with Crippen molar-refractivity contribution in [2.75, 3.05) is 18.6 Å². The average molecular weight is 550 g/mol. The van der Waals surface area contributed by atoms with E-state index in [1.807, 2.05) is 0 Å². The summed E-state index contributed by atoms with van der Waals surface area (Å²) in [5.74, 6) is -6.53. The van der Waals surface area contributed by atoms with Gasteiger partial charge in [-0.05, 0) is 37.7 Å². The van der Waals surface area contributed by atoms with Crippen molar-refractivity contribution in [3.05, 3.63) is 0 Å². The molecule has 0 fully saturated rings. The van der Waals surface area contributed by atoms with E-state index < -0.39 is 66.2 Å². The second kappa shape index (κ2) is 17.8. The van der Waals surface area contributed by atoms with Crippen molar-refractivity contribution in [3.63, 3.8) is 0 Å². The Balaban J connectivity index is 5.44.